The van der Waals surface area contributed by atoms with Gasteiger partial charge in [0.2, 0.25) is 0 Å². The smallest absolute Gasteiger partial charge is 0.261 e. The number of rotatable bonds is 4. The molecule has 1 aliphatic heterocycles. The van der Waals surface area contributed by atoms with E-state index >= 15 is 0 Å². The molecule has 0 saturated carbocycles. The monoisotopic (exact) mass is 396 g/mol. The molecule has 28 heavy (non-hydrogen) atoms. The van der Waals surface area contributed by atoms with Crippen molar-refractivity contribution in [3.8, 4) is 0 Å². The molecule has 3 aromatic rings. The minimum atomic E-state index is -0.263. The number of halogens is 1. The fourth-order valence-corrected chi connectivity index (χ4v) is 5.06. The van der Waals surface area contributed by atoms with E-state index in [0.29, 0.717) is 4.88 Å². The molecule has 1 N–H and O–H groups in total. The van der Waals surface area contributed by atoms with E-state index in [4.69, 9.17) is 0 Å². The largest absolute Gasteiger partial charge is 0.349 e. The summed E-state index contributed by atoms with van der Waals surface area (Å²) in [5, 5.41) is 4.03. The van der Waals surface area contributed by atoms with Crippen molar-refractivity contribution < 1.29 is 9.18 Å². The van der Waals surface area contributed by atoms with Gasteiger partial charge in [-0.2, -0.15) is 0 Å². The second-order valence-electron chi connectivity index (χ2n) is 7.71. The molecule has 0 unspecified atom stereocenters. The second kappa shape index (κ2) is 8.02. The van der Waals surface area contributed by atoms with Gasteiger partial charge in [0.1, 0.15) is 5.82 Å². The number of nitrogens with one attached hydrogen (secondary N) is 1. The van der Waals surface area contributed by atoms with Crippen molar-refractivity contribution >= 4 is 27.3 Å². The van der Waals surface area contributed by atoms with Gasteiger partial charge in [0.25, 0.3) is 5.91 Å². The number of thiophene rings is 1. The third kappa shape index (κ3) is 4.10. The molecular weight excluding hydrogens is 371 g/mol. The Balaban J connectivity index is 1.36. The van der Waals surface area contributed by atoms with Crippen molar-refractivity contribution in [3.63, 3.8) is 0 Å². The predicted molar refractivity (Wildman–Crippen MR) is 113 cm³/mol. The summed E-state index contributed by atoms with van der Waals surface area (Å²) in [5.74, 6) is -0.294. The molecule has 0 radical (unpaired) electrons. The van der Waals surface area contributed by atoms with Gasteiger partial charge in [-0.1, -0.05) is 29.8 Å². The summed E-state index contributed by atoms with van der Waals surface area (Å²) < 4.78 is 14.5. The van der Waals surface area contributed by atoms with Gasteiger partial charge in [0.05, 0.1) is 4.88 Å². The zero-order chi connectivity index (χ0) is 19.7. The van der Waals surface area contributed by atoms with Crippen LogP contribution in [-0.4, -0.2) is 29.9 Å². The van der Waals surface area contributed by atoms with Crippen LogP contribution in [-0.2, 0) is 6.54 Å². The highest BCUT2D eigenvalue weighted by Gasteiger charge is 2.23. The number of carbonyl (C=O) groups excluding carboxylic acids is 1. The Bertz CT molecular complexity index is 1010. The molecule has 2 aromatic carbocycles. The van der Waals surface area contributed by atoms with E-state index in [1.807, 2.05) is 6.92 Å². The van der Waals surface area contributed by atoms with Gasteiger partial charge < -0.3 is 5.32 Å². The molecule has 1 aliphatic rings. The van der Waals surface area contributed by atoms with Crippen molar-refractivity contribution in [2.45, 2.75) is 39.3 Å². The highest BCUT2D eigenvalue weighted by atomic mass is 32.1. The zero-order valence-corrected chi connectivity index (χ0v) is 17.1. The quantitative estimate of drug-likeness (QED) is 0.669. The van der Waals surface area contributed by atoms with Crippen LogP contribution in [0.5, 0.6) is 0 Å². The average Bonchev–Trinajstić information content (AvgIpc) is 3.00. The molecule has 1 amide bonds. The molecular formula is C23H25FN2OS. The van der Waals surface area contributed by atoms with Crippen molar-refractivity contribution in [1.29, 1.82) is 0 Å². The molecule has 1 fully saturated rings. The van der Waals surface area contributed by atoms with Crippen LogP contribution in [0, 0.1) is 19.7 Å². The van der Waals surface area contributed by atoms with Crippen LogP contribution in [0.2, 0.25) is 0 Å². The fourth-order valence-electron chi connectivity index (χ4n) is 3.96. The summed E-state index contributed by atoms with van der Waals surface area (Å²) in [6, 6.07) is 13.6. The lowest BCUT2D eigenvalue weighted by Gasteiger charge is -2.32. The van der Waals surface area contributed by atoms with Gasteiger partial charge in [-0.25, -0.2) is 4.39 Å². The molecule has 0 atom stereocenters. The summed E-state index contributed by atoms with van der Waals surface area (Å²) in [4.78, 5) is 15.9. The summed E-state index contributed by atoms with van der Waals surface area (Å²) >= 11 is 1.44. The first kappa shape index (κ1) is 19.1. The molecule has 1 saturated heterocycles. The number of aryl methyl sites for hydroxylation is 2. The first-order valence-corrected chi connectivity index (χ1v) is 10.6. The van der Waals surface area contributed by atoms with Crippen LogP contribution in [0.1, 0.15) is 39.2 Å². The molecule has 0 aliphatic carbocycles. The van der Waals surface area contributed by atoms with Gasteiger partial charge in [0, 0.05) is 30.4 Å². The Kier molecular flexibility index (Phi) is 5.47. The number of likely N-dealkylation sites (tertiary alicyclic amines) is 1. The summed E-state index contributed by atoms with van der Waals surface area (Å²) in [5.41, 5.74) is 3.50. The Morgan fingerprint density at radius 3 is 2.71 bits per heavy atom. The van der Waals surface area contributed by atoms with Gasteiger partial charge in [-0.3, -0.25) is 9.69 Å². The summed E-state index contributed by atoms with van der Waals surface area (Å²) in [6.45, 7) is 6.95. The zero-order valence-electron chi connectivity index (χ0n) is 16.3. The Morgan fingerprint density at radius 1 is 1.18 bits per heavy atom. The van der Waals surface area contributed by atoms with Gasteiger partial charge in [-0.05, 0) is 61.4 Å². The second-order valence-corrected chi connectivity index (χ2v) is 8.76. The number of nitrogens with zero attached hydrogens (tertiary/aromatic N) is 1. The summed E-state index contributed by atoms with van der Waals surface area (Å²) in [7, 11) is 0. The average molecular weight is 397 g/mol. The van der Waals surface area contributed by atoms with Crippen LogP contribution in [0.3, 0.4) is 0 Å². The number of hydrogen-bond donors (Lipinski definition) is 1. The van der Waals surface area contributed by atoms with Crippen LogP contribution in [0.15, 0.2) is 42.5 Å². The van der Waals surface area contributed by atoms with E-state index in [9.17, 15) is 9.18 Å². The maximum Gasteiger partial charge on any atom is 0.261 e. The molecule has 146 valence electrons. The van der Waals surface area contributed by atoms with Gasteiger partial charge >= 0.3 is 0 Å². The minimum absolute atomic E-state index is 0.0313. The number of piperidine rings is 1. The third-order valence-electron chi connectivity index (χ3n) is 5.52. The number of carbonyl (C=O) groups is 1. The normalized spacial score (nSPS) is 15.8. The highest BCUT2D eigenvalue weighted by molar-refractivity contribution is 7.21. The molecule has 2 heterocycles. The van der Waals surface area contributed by atoms with Crippen LogP contribution >= 0.6 is 11.3 Å². The standard InChI is InChI=1S/C23H25FN2OS/c1-15-4-3-5-17(12-15)14-26-10-8-19(9-11-26)25-23(27)22-16(2)20-13-18(24)6-7-21(20)28-22/h3-7,12-13,19H,8-11,14H2,1-2H3,(H,25,27). The topological polar surface area (TPSA) is 32.3 Å². The number of hydrogen-bond acceptors (Lipinski definition) is 3. The lowest BCUT2D eigenvalue weighted by atomic mass is 10.0. The van der Waals surface area contributed by atoms with E-state index in [-0.39, 0.29) is 17.8 Å². The highest BCUT2D eigenvalue weighted by Crippen LogP contribution is 2.31. The minimum Gasteiger partial charge on any atom is -0.349 e. The van der Waals surface area contributed by atoms with Crippen molar-refractivity contribution in [3.05, 3.63) is 69.8 Å². The maximum atomic E-state index is 13.5. The van der Waals surface area contributed by atoms with E-state index < -0.39 is 0 Å². The van der Waals surface area contributed by atoms with E-state index in [1.165, 1.54) is 34.6 Å². The van der Waals surface area contributed by atoms with E-state index in [1.54, 1.807) is 6.07 Å². The third-order valence-corrected chi connectivity index (χ3v) is 6.79. The lowest BCUT2D eigenvalue weighted by molar-refractivity contribution is 0.0912. The molecule has 0 bridgehead atoms. The molecule has 1 aromatic heterocycles. The molecule has 3 nitrogen and oxygen atoms in total. The number of amides is 1. The fraction of sp³-hybridized carbons (Fsp3) is 0.348. The first-order chi connectivity index (χ1) is 13.5. The van der Waals surface area contributed by atoms with E-state index in [0.717, 1.165) is 48.1 Å². The van der Waals surface area contributed by atoms with Crippen molar-refractivity contribution in [2.75, 3.05) is 13.1 Å². The predicted octanol–water partition coefficient (Wildman–Crippen LogP) is 5.05. The van der Waals surface area contributed by atoms with Crippen molar-refractivity contribution in [2.24, 2.45) is 0 Å². The van der Waals surface area contributed by atoms with Crippen molar-refractivity contribution in [1.82, 2.24) is 10.2 Å². The molecule has 5 heteroatoms. The van der Waals surface area contributed by atoms with E-state index in [2.05, 4.69) is 41.4 Å². The lowest BCUT2D eigenvalue weighted by Crippen LogP contribution is -2.44. The number of benzene rings is 2. The van der Waals surface area contributed by atoms with Crippen LogP contribution < -0.4 is 5.32 Å². The van der Waals surface area contributed by atoms with Gasteiger partial charge in [0.15, 0.2) is 0 Å². The van der Waals surface area contributed by atoms with Crippen LogP contribution in [0.25, 0.3) is 10.1 Å². The Hall–Kier alpha value is -2.24. The Labute approximate surface area is 169 Å². The molecule has 4 rings (SSSR count). The maximum absolute atomic E-state index is 13.5. The van der Waals surface area contributed by atoms with Crippen LogP contribution in [0.4, 0.5) is 4.39 Å². The van der Waals surface area contributed by atoms with Gasteiger partial charge in [-0.15, -0.1) is 11.3 Å². The molecule has 0 spiro atoms. The first-order valence-electron chi connectivity index (χ1n) is 9.77. The number of fused-ring (bicyclic) bond motifs is 1. The SMILES string of the molecule is Cc1cccc(CN2CCC(NC(=O)c3sc4ccc(F)cc4c3C)CC2)c1. The Morgan fingerprint density at radius 2 is 1.96 bits per heavy atom. The summed E-state index contributed by atoms with van der Waals surface area (Å²) in [6.07, 6.45) is 1.91.